The molecule has 1 aromatic rings. The molecule has 2 rings (SSSR count). The standard InChI is InChI=1S/C8H10FN5O/c9-4-3-12-8(13-6(4)10)14-2-1-5(14)7(11)15/h3,5H,1-2H2,(H2,11,15)(H2,10,12,13). The molecule has 1 unspecified atom stereocenters. The van der Waals surface area contributed by atoms with Gasteiger partial charge in [-0.1, -0.05) is 0 Å². The van der Waals surface area contributed by atoms with E-state index in [0.717, 1.165) is 6.20 Å². The Bertz CT molecular complexity index is 410. The first kappa shape index (κ1) is 9.63. The Morgan fingerprint density at radius 1 is 1.67 bits per heavy atom. The van der Waals surface area contributed by atoms with Gasteiger partial charge in [-0.3, -0.25) is 4.79 Å². The number of carbonyl (C=O) groups excluding carboxylic acids is 1. The summed E-state index contributed by atoms with van der Waals surface area (Å²) in [6.45, 7) is 0.624. The highest BCUT2D eigenvalue weighted by Gasteiger charge is 2.34. The van der Waals surface area contributed by atoms with Gasteiger partial charge in [0.2, 0.25) is 11.9 Å². The van der Waals surface area contributed by atoms with Crippen molar-refractivity contribution in [3.8, 4) is 0 Å². The second-order valence-corrected chi connectivity index (χ2v) is 3.30. The van der Waals surface area contributed by atoms with Crippen LogP contribution in [0.15, 0.2) is 6.20 Å². The molecule has 0 spiro atoms. The highest BCUT2D eigenvalue weighted by atomic mass is 19.1. The quantitative estimate of drug-likeness (QED) is 0.671. The lowest BCUT2D eigenvalue weighted by atomic mass is 10.0. The van der Waals surface area contributed by atoms with Crippen LogP contribution in [0.4, 0.5) is 16.2 Å². The fraction of sp³-hybridized carbons (Fsp3) is 0.375. The first-order valence-corrected chi connectivity index (χ1v) is 4.43. The summed E-state index contributed by atoms with van der Waals surface area (Å²) in [5.74, 6) is -1.10. The second kappa shape index (κ2) is 3.34. The summed E-state index contributed by atoms with van der Waals surface area (Å²) in [4.78, 5) is 20.0. The van der Waals surface area contributed by atoms with E-state index in [1.54, 1.807) is 4.90 Å². The van der Waals surface area contributed by atoms with Gasteiger partial charge in [0.25, 0.3) is 0 Å². The van der Waals surface area contributed by atoms with Crippen molar-refractivity contribution < 1.29 is 9.18 Å². The Labute approximate surface area is 85.1 Å². The molecule has 1 amide bonds. The average Bonchev–Trinajstić information content (AvgIpc) is 2.08. The smallest absolute Gasteiger partial charge is 0.240 e. The predicted molar refractivity (Wildman–Crippen MR) is 51.3 cm³/mol. The van der Waals surface area contributed by atoms with Crippen molar-refractivity contribution in [1.82, 2.24) is 9.97 Å². The first-order valence-electron chi connectivity index (χ1n) is 4.43. The molecular formula is C8H10FN5O. The Kier molecular flexibility index (Phi) is 2.14. The zero-order valence-electron chi connectivity index (χ0n) is 7.85. The summed E-state index contributed by atoms with van der Waals surface area (Å²) >= 11 is 0. The number of nitrogen functional groups attached to an aromatic ring is 1. The Balaban J connectivity index is 2.23. The van der Waals surface area contributed by atoms with Crippen molar-refractivity contribution in [2.24, 2.45) is 5.73 Å². The van der Waals surface area contributed by atoms with Crippen molar-refractivity contribution in [1.29, 1.82) is 0 Å². The Morgan fingerprint density at radius 2 is 2.40 bits per heavy atom. The molecule has 1 fully saturated rings. The lowest BCUT2D eigenvalue weighted by Gasteiger charge is -2.38. The van der Waals surface area contributed by atoms with Gasteiger partial charge < -0.3 is 16.4 Å². The first-order chi connectivity index (χ1) is 7.09. The molecule has 0 radical (unpaired) electrons. The van der Waals surface area contributed by atoms with Crippen molar-refractivity contribution in [2.45, 2.75) is 12.5 Å². The number of nitrogens with two attached hydrogens (primary N) is 2. The number of hydrogen-bond donors (Lipinski definition) is 2. The summed E-state index contributed by atoms with van der Waals surface area (Å²) in [5.41, 5.74) is 10.4. The highest BCUT2D eigenvalue weighted by Crippen LogP contribution is 2.23. The fourth-order valence-electron chi connectivity index (χ4n) is 1.43. The van der Waals surface area contributed by atoms with Crippen LogP contribution in [0.2, 0.25) is 0 Å². The van der Waals surface area contributed by atoms with Crippen LogP contribution in [-0.4, -0.2) is 28.5 Å². The average molecular weight is 211 g/mol. The minimum atomic E-state index is -0.671. The number of hydrogen-bond acceptors (Lipinski definition) is 5. The van der Waals surface area contributed by atoms with Crippen LogP contribution in [0.5, 0.6) is 0 Å². The van der Waals surface area contributed by atoms with E-state index < -0.39 is 17.8 Å². The molecule has 1 aliphatic heterocycles. The van der Waals surface area contributed by atoms with Crippen LogP contribution in [0.1, 0.15) is 6.42 Å². The molecule has 6 nitrogen and oxygen atoms in total. The predicted octanol–water partition coefficient (Wildman–Crippen LogP) is -0.738. The van der Waals surface area contributed by atoms with Crippen LogP contribution in [0.25, 0.3) is 0 Å². The SMILES string of the molecule is NC(=O)C1CCN1c1ncc(F)c(N)n1. The number of amides is 1. The third-order valence-electron chi connectivity index (χ3n) is 2.36. The Hall–Kier alpha value is -1.92. The van der Waals surface area contributed by atoms with Crippen molar-refractivity contribution >= 4 is 17.7 Å². The molecule has 80 valence electrons. The summed E-state index contributed by atoms with van der Waals surface area (Å²) in [6, 6.07) is -0.408. The van der Waals surface area contributed by atoms with Crippen LogP contribution in [0, 0.1) is 5.82 Å². The van der Waals surface area contributed by atoms with Gasteiger partial charge in [0, 0.05) is 6.54 Å². The van der Waals surface area contributed by atoms with E-state index in [-0.39, 0.29) is 11.8 Å². The van der Waals surface area contributed by atoms with Crippen molar-refractivity contribution in [3.63, 3.8) is 0 Å². The van der Waals surface area contributed by atoms with Gasteiger partial charge in [-0.25, -0.2) is 9.37 Å². The molecule has 1 saturated heterocycles. The zero-order valence-corrected chi connectivity index (χ0v) is 7.85. The van der Waals surface area contributed by atoms with Gasteiger partial charge in [-0.15, -0.1) is 0 Å². The number of nitrogens with zero attached hydrogens (tertiary/aromatic N) is 3. The molecule has 15 heavy (non-hydrogen) atoms. The van der Waals surface area contributed by atoms with E-state index in [1.807, 2.05) is 0 Å². The minimum absolute atomic E-state index is 0.227. The summed E-state index contributed by atoms with van der Waals surface area (Å²) in [7, 11) is 0. The van der Waals surface area contributed by atoms with Crippen LogP contribution >= 0.6 is 0 Å². The lowest BCUT2D eigenvalue weighted by Crippen LogP contribution is -2.55. The van der Waals surface area contributed by atoms with E-state index in [0.29, 0.717) is 13.0 Å². The minimum Gasteiger partial charge on any atom is -0.381 e. The maximum atomic E-state index is 12.8. The molecule has 1 atom stereocenters. The fourth-order valence-corrected chi connectivity index (χ4v) is 1.43. The molecule has 4 N–H and O–H groups in total. The van der Waals surface area contributed by atoms with E-state index >= 15 is 0 Å². The largest absolute Gasteiger partial charge is 0.381 e. The summed E-state index contributed by atoms with van der Waals surface area (Å²) < 4.78 is 12.8. The molecule has 1 aromatic heterocycles. The molecule has 0 aliphatic carbocycles. The second-order valence-electron chi connectivity index (χ2n) is 3.30. The summed E-state index contributed by atoms with van der Waals surface area (Å²) in [5, 5.41) is 0. The molecule has 2 heterocycles. The van der Waals surface area contributed by atoms with Gasteiger partial charge in [-0.05, 0) is 6.42 Å². The van der Waals surface area contributed by atoms with E-state index in [2.05, 4.69) is 9.97 Å². The number of rotatable bonds is 2. The van der Waals surface area contributed by atoms with E-state index in [4.69, 9.17) is 11.5 Å². The van der Waals surface area contributed by atoms with Crippen LogP contribution < -0.4 is 16.4 Å². The van der Waals surface area contributed by atoms with Gasteiger partial charge in [0.1, 0.15) is 6.04 Å². The molecule has 0 bridgehead atoms. The molecule has 0 saturated carbocycles. The molecule has 1 aliphatic rings. The monoisotopic (exact) mass is 211 g/mol. The van der Waals surface area contributed by atoms with Crippen molar-refractivity contribution in [3.05, 3.63) is 12.0 Å². The van der Waals surface area contributed by atoms with Crippen molar-refractivity contribution in [2.75, 3.05) is 17.2 Å². The van der Waals surface area contributed by atoms with E-state index in [1.165, 1.54) is 0 Å². The Morgan fingerprint density at radius 3 is 2.87 bits per heavy atom. The van der Waals surface area contributed by atoms with E-state index in [9.17, 15) is 9.18 Å². The lowest BCUT2D eigenvalue weighted by molar-refractivity contribution is -0.120. The normalized spacial score (nSPS) is 19.8. The zero-order chi connectivity index (χ0) is 11.0. The number of aromatic nitrogens is 2. The topological polar surface area (TPSA) is 98.1 Å². The third-order valence-corrected chi connectivity index (χ3v) is 2.36. The number of carbonyl (C=O) groups is 1. The van der Waals surface area contributed by atoms with Gasteiger partial charge in [-0.2, -0.15) is 4.98 Å². The number of halogens is 1. The maximum Gasteiger partial charge on any atom is 0.240 e. The third kappa shape index (κ3) is 1.56. The summed E-state index contributed by atoms with van der Waals surface area (Å²) in [6.07, 6.45) is 1.64. The van der Waals surface area contributed by atoms with Crippen LogP contribution in [0.3, 0.4) is 0 Å². The van der Waals surface area contributed by atoms with Gasteiger partial charge in [0.05, 0.1) is 6.20 Å². The molecule has 0 aromatic carbocycles. The number of primary amides is 1. The number of anilines is 2. The maximum absolute atomic E-state index is 12.8. The van der Waals surface area contributed by atoms with Crippen LogP contribution in [-0.2, 0) is 4.79 Å². The van der Waals surface area contributed by atoms with Gasteiger partial charge >= 0.3 is 0 Å². The highest BCUT2D eigenvalue weighted by molar-refractivity contribution is 5.84. The molecular weight excluding hydrogens is 201 g/mol. The molecule has 7 heteroatoms. The van der Waals surface area contributed by atoms with Gasteiger partial charge in [0.15, 0.2) is 11.6 Å².